The summed E-state index contributed by atoms with van der Waals surface area (Å²) in [5, 5.41) is 14.0. The maximum absolute atomic E-state index is 13.3. The molecule has 5 nitrogen and oxygen atoms in total. The highest BCUT2D eigenvalue weighted by Crippen LogP contribution is 2.30. The van der Waals surface area contributed by atoms with E-state index in [0.717, 1.165) is 32.0 Å². The van der Waals surface area contributed by atoms with Gasteiger partial charge in [0, 0.05) is 0 Å². The number of ether oxygens (including phenoxy) is 1. The number of piperidine rings is 1. The third kappa shape index (κ3) is 4.04. The van der Waals surface area contributed by atoms with E-state index >= 15 is 0 Å². The molecule has 0 bridgehead atoms. The standard InChI is InChI=1S/C12H15FN2O3.ClH/c13-10-2-1-3-11(12(10)15(16)17)18-8-9-4-6-14-7-5-9;/h1-3,9,14H,4-8H2;1H. The van der Waals surface area contributed by atoms with Crippen molar-refractivity contribution in [3.05, 3.63) is 34.1 Å². The molecule has 1 heterocycles. The second kappa shape index (κ2) is 7.25. The first-order valence-corrected chi connectivity index (χ1v) is 5.95. The molecule has 1 aliphatic rings. The average molecular weight is 291 g/mol. The number of para-hydroxylation sites is 1. The van der Waals surface area contributed by atoms with Gasteiger partial charge in [0.15, 0.2) is 5.75 Å². The molecule has 0 amide bonds. The van der Waals surface area contributed by atoms with Crippen LogP contribution in [-0.4, -0.2) is 24.6 Å². The Bertz CT molecular complexity index is 439. The van der Waals surface area contributed by atoms with Crippen LogP contribution < -0.4 is 10.1 Å². The van der Waals surface area contributed by atoms with Crippen LogP contribution in [0, 0.1) is 21.8 Å². The van der Waals surface area contributed by atoms with E-state index in [4.69, 9.17) is 4.74 Å². The lowest BCUT2D eigenvalue weighted by Gasteiger charge is -2.22. The minimum Gasteiger partial charge on any atom is -0.486 e. The fourth-order valence-corrected chi connectivity index (χ4v) is 2.05. The van der Waals surface area contributed by atoms with Crippen molar-refractivity contribution < 1.29 is 14.1 Å². The summed E-state index contributed by atoms with van der Waals surface area (Å²) in [4.78, 5) is 10.0. The number of nitrogens with zero attached hydrogens (tertiary/aromatic N) is 1. The van der Waals surface area contributed by atoms with Crippen LogP contribution >= 0.6 is 12.4 Å². The van der Waals surface area contributed by atoms with Crippen LogP contribution in [0.5, 0.6) is 5.75 Å². The smallest absolute Gasteiger partial charge is 0.346 e. The van der Waals surface area contributed by atoms with Gasteiger partial charge >= 0.3 is 5.69 Å². The minimum atomic E-state index is -0.859. The van der Waals surface area contributed by atoms with Crippen molar-refractivity contribution in [3.63, 3.8) is 0 Å². The Morgan fingerprint density at radius 1 is 1.42 bits per heavy atom. The summed E-state index contributed by atoms with van der Waals surface area (Å²) in [6.45, 7) is 2.25. The van der Waals surface area contributed by atoms with Crippen molar-refractivity contribution in [1.82, 2.24) is 5.32 Å². The van der Waals surface area contributed by atoms with E-state index in [2.05, 4.69) is 5.32 Å². The number of nitro groups is 1. The van der Waals surface area contributed by atoms with Gasteiger partial charge in [-0.05, 0) is 44.0 Å². The summed E-state index contributed by atoms with van der Waals surface area (Å²) >= 11 is 0. The van der Waals surface area contributed by atoms with Crippen molar-refractivity contribution in [2.75, 3.05) is 19.7 Å². The lowest BCUT2D eigenvalue weighted by Crippen LogP contribution is -2.30. The predicted octanol–water partition coefficient (Wildman–Crippen LogP) is 2.53. The zero-order valence-electron chi connectivity index (χ0n) is 10.3. The highest BCUT2D eigenvalue weighted by molar-refractivity contribution is 5.85. The summed E-state index contributed by atoms with van der Waals surface area (Å²) in [6, 6.07) is 3.91. The topological polar surface area (TPSA) is 64.4 Å². The van der Waals surface area contributed by atoms with Crippen LogP contribution in [0.2, 0.25) is 0 Å². The largest absolute Gasteiger partial charge is 0.486 e. The van der Waals surface area contributed by atoms with Crippen LogP contribution in [-0.2, 0) is 0 Å². The van der Waals surface area contributed by atoms with Gasteiger partial charge in [-0.25, -0.2) is 0 Å². The van der Waals surface area contributed by atoms with Gasteiger partial charge in [-0.2, -0.15) is 4.39 Å². The van der Waals surface area contributed by atoms with E-state index in [1.807, 2.05) is 0 Å². The van der Waals surface area contributed by atoms with Gasteiger partial charge in [-0.15, -0.1) is 12.4 Å². The van der Waals surface area contributed by atoms with Gasteiger partial charge in [-0.3, -0.25) is 10.1 Å². The highest BCUT2D eigenvalue weighted by Gasteiger charge is 2.22. The number of rotatable bonds is 4. The van der Waals surface area contributed by atoms with Crippen LogP contribution in [0.15, 0.2) is 18.2 Å². The molecule has 1 aromatic rings. The van der Waals surface area contributed by atoms with E-state index in [9.17, 15) is 14.5 Å². The number of hydrogen-bond donors (Lipinski definition) is 1. The molecule has 0 aliphatic carbocycles. The Balaban J connectivity index is 0.00000180. The Hall–Kier alpha value is -1.40. The number of halogens is 2. The number of benzene rings is 1. The summed E-state index contributed by atoms with van der Waals surface area (Å²) in [6.07, 6.45) is 1.95. The first-order chi connectivity index (χ1) is 8.68. The number of nitrogens with one attached hydrogen (secondary N) is 1. The first-order valence-electron chi connectivity index (χ1n) is 5.95. The molecule has 1 fully saturated rings. The monoisotopic (exact) mass is 290 g/mol. The van der Waals surface area contributed by atoms with Crippen LogP contribution in [0.4, 0.5) is 10.1 Å². The van der Waals surface area contributed by atoms with Crippen molar-refractivity contribution >= 4 is 18.1 Å². The number of nitro benzene ring substituents is 1. The van der Waals surface area contributed by atoms with E-state index in [0.29, 0.717) is 12.5 Å². The highest BCUT2D eigenvalue weighted by atomic mass is 35.5. The normalized spacial score (nSPS) is 15.6. The summed E-state index contributed by atoms with van der Waals surface area (Å²) < 4.78 is 18.7. The Labute approximate surface area is 116 Å². The molecule has 1 N–H and O–H groups in total. The quantitative estimate of drug-likeness (QED) is 0.684. The third-order valence-electron chi connectivity index (χ3n) is 3.07. The summed E-state index contributed by atoms with van der Waals surface area (Å²) in [5.74, 6) is -0.476. The predicted molar refractivity (Wildman–Crippen MR) is 71.4 cm³/mol. The number of hydrogen-bond acceptors (Lipinski definition) is 4. The Morgan fingerprint density at radius 3 is 2.74 bits per heavy atom. The molecule has 0 aromatic heterocycles. The molecule has 7 heteroatoms. The van der Waals surface area contributed by atoms with Gasteiger partial charge in [-0.1, -0.05) is 6.07 Å². The van der Waals surface area contributed by atoms with Crippen molar-refractivity contribution in [2.24, 2.45) is 5.92 Å². The molecule has 19 heavy (non-hydrogen) atoms. The molecular weight excluding hydrogens is 275 g/mol. The second-order valence-electron chi connectivity index (χ2n) is 4.35. The first kappa shape index (κ1) is 15.7. The zero-order valence-corrected chi connectivity index (χ0v) is 11.1. The van der Waals surface area contributed by atoms with Gasteiger partial charge in [0.05, 0.1) is 11.5 Å². The van der Waals surface area contributed by atoms with Crippen LogP contribution in [0.3, 0.4) is 0 Å². The van der Waals surface area contributed by atoms with Gasteiger partial charge in [0.2, 0.25) is 5.82 Å². The van der Waals surface area contributed by atoms with Crippen LogP contribution in [0.1, 0.15) is 12.8 Å². The molecule has 0 unspecified atom stereocenters. The molecule has 0 atom stereocenters. The maximum atomic E-state index is 13.3. The van der Waals surface area contributed by atoms with E-state index < -0.39 is 16.4 Å². The van der Waals surface area contributed by atoms with Gasteiger partial charge in [0.1, 0.15) is 0 Å². The van der Waals surface area contributed by atoms with Crippen LogP contribution in [0.25, 0.3) is 0 Å². The fourth-order valence-electron chi connectivity index (χ4n) is 2.05. The molecule has 0 radical (unpaired) electrons. The molecule has 1 aliphatic heterocycles. The zero-order chi connectivity index (χ0) is 13.0. The van der Waals surface area contributed by atoms with Crippen molar-refractivity contribution in [2.45, 2.75) is 12.8 Å². The molecule has 106 valence electrons. The summed E-state index contributed by atoms with van der Waals surface area (Å²) in [7, 11) is 0. The lowest BCUT2D eigenvalue weighted by molar-refractivity contribution is -0.388. The van der Waals surface area contributed by atoms with Gasteiger partial charge in [0.25, 0.3) is 0 Å². The maximum Gasteiger partial charge on any atom is 0.346 e. The molecule has 1 saturated heterocycles. The third-order valence-corrected chi connectivity index (χ3v) is 3.07. The molecular formula is C12H16ClFN2O3. The van der Waals surface area contributed by atoms with Crippen molar-refractivity contribution in [3.8, 4) is 5.75 Å². The molecule has 0 spiro atoms. The summed E-state index contributed by atoms with van der Waals surface area (Å²) in [5.41, 5.74) is -0.577. The Morgan fingerprint density at radius 2 is 2.11 bits per heavy atom. The van der Waals surface area contributed by atoms with E-state index in [-0.39, 0.29) is 18.2 Å². The Kier molecular flexibility index (Phi) is 5.98. The lowest BCUT2D eigenvalue weighted by atomic mass is 9.99. The van der Waals surface area contributed by atoms with Gasteiger partial charge < -0.3 is 10.1 Å². The molecule has 2 rings (SSSR count). The minimum absolute atomic E-state index is 0. The average Bonchev–Trinajstić information content (AvgIpc) is 2.37. The van der Waals surface area contributed by atoms with E-state index in [1.54, 1.807) is 0 Å². The van der Waals surface area contributed by atoms with Crippen molar-refractivity contribution in [1.29, 1.82) is 0 Å². The second-order valence-corrected chi connectivity index (χ2v) is 4.35. The fraction of sp³-hybridized carbons (Fsp3) is 0.500. The SMILES string of the molecule is Cl.O=[N+]([O-])c1c(F)cccc1OCC1CCNCC1. The molecule has 1 aromatic carbocycles. The molecule has 0 saturated carbocycles. The van der Waals surface area contributed by atoms with E-state index in [1.165, 1.54) is 12.1 Å².